The molecule has 0 saturated heterocycles. The molecular formula is C14H18N2O2S. The highest BCUT2D eigenvalue weighted by Gasteiger charge is 2.29. The summed E-state index contributed by atoms with van der Waals surface area (Å²) in [5.41, 5.74) is 7.05. The van der Waals surface area contributed by atoms with Crippen LogP contribution in [0.4, 0.5) is 0 Å². The SMILES string of the molecule is NC(=O)c1sc2c(c1C(=O)NCC1CC1)CCCC2. The number of rotatable bonds is 4. The van der Waals surface area contributed by atoms with Gasteiger partial charge in [-0.15, -0.1) is 11.3 Å². The van der Waals surface area contributed by atoms with Crippen LogP contribution in [0.1, 0.15) is 56.2 Å². The van der Waals surface area contributed by atoms with Crippen LogP contribution in [0.5, 0.6) is 0 Å². The Labute approximate surface area is 116 Å². The number of hydrogen-bond donors (Lipinski definition) is 2. The molecular weight excluding hydrogens is 260 g/mol. The Bertz CT molecular complexity index is 532. The van der Waals surface area contributed by atoms with Gasteiger partial charge >= 0.3 is 0 Å². The fourth-order valence-corrected chi connectivity index (χ4v) is 3.87. The maximum Gasteiger partial charge on any atom is 0.259 e. The van der Waals surface area contributed by atoms with E-state index < -0.39 is 5.91 Å². The van der Waals surface area contributed by atoms with Crippen LogP contribution in [-0.4, -0.2) is 18.4 Å². The van der Waals surface area contributed by atoms with Crippen LogP contribution in [-0.2, 0) is 12.8 Å². The highest BCUT2D eigenvalue weighted by Crippen LogP contribution is 2.34. The summed E-state index contributed by atoms with van der Waals surface area (Å²) in [5, 5.41) is 2.95. The predicted octanol–water partition coefficient (Wildman–Crippen LogP) is 1.87. The first-order valence-electron chi connectivity index (χ1n) is 6.89. The van der Waals surface area contributed by atoms with Gasteiger partial charge in [0.15, 0.2) is 0 Å². The van der Waals surface area contributed by atoms with Crippen molar-refractivity contribution in [2.24, 2.45) is 11.7 Å². The Kier molecular flexibility index (Phi) is 3.31. The van der Waals surface area contributed by atoms with Crippen molar-refractivity contribution in [2.45, 2.75) is 38.5 Å². The molecule has 0 radical (unpaired) electrons. The van der Waals surface area contributed by atoms with E-state index in [1.54, 1.807) is 0 Å². The number of carbonyl (C=O) groups is 2. The van der Waals surface area contributed by atoms with Gasteiger partial charge in [0.25, 0.3) is 11.8 Å². The molecule has 0 unspecified atom stereocenters. The van der Waals surface area contributed by atoms with Crippen LogP contribution in [0.2, 0.25) is 0 Å². The number of hydrogen-bond acceptors (Lipinski definition) is 3. The fourth-order valence-electron chi connectivity index (χ4n) is 2.63. The minimum absolute atomic E-state index is 0.111. The standard InChI is InChI=1S/C14H18N2O2S/c15-13(17)12-11(14(18)16-7-8-5-6-8)9-3-1-2-4-10(9)19-12/h8H,1-7H2,(H2,15,17)(H,16,18). The zero-order valence-corrected chi connectivity index (χ0v) is 11.6. The smallest absolute Gasteiger partial charge is 0.259 e. The molecule has 19 heavy (non-hydrogen) atoms. The number of amides is 2. The third kappa shape index (κ3) is 2.52. The van der Waals surface area contributed by atoms with Gasteiger partial charge in [0, 0.05) is 11.4 Å². The number of nitrogens with two attached hydrogens (primary N) is 1. The van der Waals surface area contributed by atoms with E-state index >= 15 is 0 Å². The lowest BCUT2D eigenvalue weighted by Crippen LogP contribution is -2.28. The molecule has 3 N–H and O–H groups in total. The van der Waals surface area contributed by atoms with Gasteiger partial charge in [-0.3, -0.25) is 9.59 Å². The van der Waals surface area contributed by atoms with E-state index in [0.717, 1.165) is 37.8 Å². The van der Waals surface area contributed by atoms with Crippen LogP contribution in [0.15, 0.2) is 0 Å². The molecule has 1 saturated carbocycles. The molecule has 1 heterocycles. The monoisotopic (exact) mass is 278 g/mol. The van der Waals surface area contributed by atoms with Crippen molar-refractivity contribution in [3.05, 3.63) is 20.9 Å². The predicted molar refractivity (Wildman–Crippen MR) is 74.5 cm³/mol. The zero-order valence-electron chi connectivity index (χ0n) is 10.8. The minimum Gasteiger partial charge on any atom is -0.365 e. The minimum atomic E-state index is -0.476. The molecule has 0 aromatic carbocycles. The van der Waals surface area contributed by atoms with Crippen LogP contribution in [0, 0.1) is 5.92 Å². The molecule has 2 aliphatic carbocycles. The van der Waals surface area contributed by atoms with Gasteiger partial charge < -0.3 is 11.1 Å². The van der Waals surface area contributed by atoms with Crippen LogP contribution >= 0.6 is 11.3 Å². The molecule has 5 heteroatoms. The van der Waals surface area contributed by atoms with Crippen molar-refractivity contribution in [3.8, 4) is 0 Å². The van der Waals surface area contributed by atoms with E-state index in [9.17, 15) is 9.59 Å². The number of thiophene rings is 1. The molecule has 4 nitrogen and oxygen atoms in total. The first kappa shape index (κ1) is 12.7. The first-order chi connectivity index (χ1) is 9.16. The largest absolute Gasteiger partial charge is 0.365 e. The van der Waals surface area contributed by atoms with Crippen molar-refractivity contribution in [1.29, 1.82) is 0 Å². The number of carbonyl (C=O) groups excluding carboxylic acids is 2. The number of primary amides is 1. The third-order valence-corrected chi connectivity index (χ3v) is 5.18. The number of nitrogens with one attached hydrogen (secondary N) is 1. The van der Waals surface area contributed by atoms with Crippen LogP contribution < -0.4 is 11.1 Å². The quantitative estimate of drug-likeness (QED) is 0.882. The van der Waals surface area contributed by atoms with Gasteiger partial charge in [0.05, 0.1) is 5.56 Å². The van der Waals surface area contributed by atoms with Crippen LogP contribution in [0.3, 0.4) is 0 Å². The topological polar surface area (TPSA) is 72.2 Å². The zero-order chi connectivity index (χ0) is 13.4. The summed E-state index contributed by atoms with van der Waals surface area (Å²) < 4.78 is 0. The Hall–Kier alpha value is -1.36. The van der Waals surface area contributed by atoms with Gasteiger partial charge in [-0.25, -0.2) is 0 Å². The van der Waals surface area contributed by atoms with E-state index in [4.69, 9.17) is 5.73 Å². The van der Waals surface area contributed by atoms with Gasteiger partial charge in [0.2, 0.25) is 0 Å². The highest BCUT2D eigenvalue weighted by atomic mass is 32.1. The first-order valence-corrected chi connectivity index (χ1v) is 7.71. The number of aryl methyl sites for hydroxylation is 1. The lowest BCUT2D eigenvalue weighted by atomic mass is 9.94. The molecule has 0 bridgehead atoms. The second-order valence-corrected chi connectivity index (χ2v) is 6.54. The summed E-state index contributed by atoms with van der Waals surface area (Å²) in [4.78, 5) is 25.5. The average Bonchev–Trinajstić information content (AvgIpc) is 3.14. The molecule has 0 aliphatic heterocycles. The maximum absolute atomic E-state index is 12.3. The Morgan fingerprint density at radius 1 is 1.26 bits per heavy atom. The van der Waals surface area contributed by atoms with E-state index in [1.807, 2.05) is 0 Å². The molecule has 0 spiro atoms. The molecule has 2 amide bonds. The molecule has 1 aromatic rings. The maximum atomic E-state index is 12.3. The second kappa shape index (κ2) is 4.96. The highest BCUT2D eigenvalue weighted by molar-refractivity contribution is 7.14. The van der Waals surface area contributed by atoms with Crippen molar-refractivity contribution in [3.63, 3.8) is 0 Å². The fraction of sp³-hybridized carbons (Fsp3) is 0.571. The van der Waals surface area contributed by atoms with Gasteiger partial charge in [-0.1, -0.05) is 0 Å². The van der Waals surface area contributed by atoms with E-state index in [-0.39, 0.29) is 5.91 Å². The van der Waals surface area contributed by atoms with E-state index in [0.29, 0.717) is 16.4 Å². The van der Waals surface area contributed by atoms with Gasteiger partial charge in [-0.2, -0.15) is 0 Å². The Morgan fingerprint density at radius 3 is 2.68 bits per heavy atom. The third-order valence-electron chi connectivity index (χ3n) is 3.87. The summed E-state index contributed by atoms with van der Waals surface area (Å²) in [6, 6.07) is 0. The van der Waals surface area contributed by atoms with Gasteiger partial charge in [0.1, 0.15) is 4.88 Å². The summed E-state index contributed by atoms with van der Waals surface area (Å²) in [6.07, 6.45) is 6.48. The summed E-state index contributed by atoms with van der Waals surface area (Å²) in [6.45, 7) is 0.724. The van der Waals surface area contributed by atoms with Crippen molar-refractivity contribution >= 4 is 23.2 Å². The molecule has 2 aliphatic rings. The van der Waals surface area contributed by atoms with Gasteiger partial charge in [-0.05, 0) is 50.0 Å². The molecule has 1 aromatic heterocycles. The second-order valence-electron chi connectivity index (χ2n) is 5.43. The normalized spacial score (nSPS) is 17.9. The average molecular weight is 278 g/mol. The van der Waals surface area contributed by atoms with Crippen molar-refractivity contribution in [1.82, 2.24) is 5.32 Å². The molecule has 102 valence electrons. The van der Waals surface area contributed by atoms with E-state index in [2.05, 4.69) is 5.32 Å². The number of fused-ring (bicyclic) bond motifs is 1. The molecule has 0 atom stereocenters. The van der Waals surface area contributed by atoms with Crippen molar-refractivity contribution < 1.29 is 9.59 Å². The van der Waals surface area contributed by atoms with Crippen molar-refractivity contribution in [2.75, 3.05) is 6.54 Å². The van der Waals surface area contributed by atoms with Crippen LogP contribution in [0.25, 0.3) is 0 Å². The Balaban J connectivity index is 1.89. The van der Waals surface area contributed by atoms with E-state index in [1.165, 1.54) is 29.1 Å². The molecule has 1 fully saturated rings. The molecule has 3 rings (SSSR count). The Morgan fingerprint density at radius 2 is 2.00 bits per heavy atom. The summed E-state index contributed by atoms with van der Waals surface area (Å²) >= 11 is 1.41. The summed E-state index contributed by atoms with van der Waals surface area (Å²) in [7, 11) is 0. The lowest BCUT2D eigenvalue weighted by Gasteiger charge is -2.12. The lowest BCUT2D eigenvalue weighted by molar-refractivity contribution is 0.0935. The summed E-state index contributed by atoms with van der Waals surface area (Å²) in [5.74, 6) is 0.0477.